The zero-order valence-electron chi connectivity index (χ0n) is 12.5. The van der Waals surface area contributed by atoms with Gasteiger partial charge in [-0.2, -0.15) is 0 Å². The number of aromatic nitrogens is 2. The van der Waals surface area contributed by atoms with Gasteiger partial charge in [-0.1, -0.05) is 6.92 Å². The van der Waals surface area contributed by atoms with Crippen molar-refractivity contribution in [1.82, 2.24) is 9.97 Å². The quantitative estimate of drug-likeness (QED) is 0.890. The number of anilines is 1. The van der Waals surface area contributed by atoms with Gasteiger partial charge in [0.1, 0.15) is 11.6 Å². The second-order valence-electron chi connectivity index (χ2n) is 5.67. The molecule has 1 heterocycles. The van der Waals surface area contributed by atoms with Crippen LogP contribution in [0.4, 0.5) is 10.2 Å². The summed E-state index contributed by atoms with van der Waals surface area (Å²) in [5.41, 5.74) is 2.59. The van der Waals surface area contributed by atoms with Crippen molar-refractivity contribution in [3.63, 3.8) is 0 Å². The Morgan fingerprint density at radius 1 is 1.24 bits per heavy atom. The summed E-state index contributed by atoms with van der Waals surface area (Å²) in [5.74, 6) is 1.92. The highest BCUT2D eigenvalue weighted by atomic mass is 19.1. The number of nitrogens with zero attached hydrogens (tertiary/aromatic N) is 2. The number of halogens is 1. The van der Waals surface area contributed by atoms with Crippen molar-refractivity contribution < 1.29 is 4.39 Å². The lowest BCUT2D eigenvalue weighted by Crippen LogP contribution is -2.05. The molecule has 0 bridgehead atoms. The first-order chi connectivity index (χ1) is 10.2. The Kier molecular flexibility index (Phi) is 3.86. The first-order valence-corrected chi connectivity index (χ1v) is 7.56. The molecule has 2 aromatic rings. The van der Waals surface area contributed by atoms with Crippen molar-refractivity contribution in [2.45, 2.75) is 39.0 Å². The Bertz CT molecular complexity index is 650. The van der Waals surface area contributed by atoms with Crippen LogP contribution >= 0.6 is 0 Å². The highest BCUT2D eigenvalue weighted by Gasteiger charge is 2.26. The van der Waals surface area contributed by atoms with Gasteiger partial charge in [-0.25, -0.2) is 14.4 Å². The maximum atomic E-state index is 13.4. The number of nitrogens with one attached hydrogen (secondary N) is 1. The van der Waals surface area contributed by atoms with Crippen LogP contribution in [0, 0.1) is 12.7 Å². The van der Waals surface area contributed by atoms with Crippen LogP contribution in [-0.4, -0.2) is 16.5 Å². The molecule has 1 aromatic carbocycles. The molecule has 3 nitrogen and oxygen atoms in total. The lowest BCUT2D eigenvalue weighted by Gasteiger charge is -2.10. The van der Waals surface area contributed by atoms with E-state index < -0.39 is 0 Å². The smallest absolute Gasteiger partial charge is 0.161 e. The first-order valence-electron chi connectivity index (χ1n) is 7.56. The van der Waals surface area contributed by atoms with Crippen molar-refractivity contribution in [3.05, 3.63) is 41.3 Å². The molecule has 0 spiro atoms. The van der Waals surface area contributed by atoms with E-state index in [4.69, 9.17) is 0 Å². The maximum Gasteiger partial charge on any atom is 0.161 e. The molecule has 1 N–H and O–H groups in total. The predicted molar refractivity (Wildman–Crippen MR) is 82.9 cm³/mol. The molecule has 110 valence electrons. The van der Waals surface area contributed by atoms with E-state index in [9.17, 15) is 4.39 Å². The van der Waals surface area contributed by atoms with Crippen LogP contribution in [0.5, 0.6) is 0 Å². The molecule has 0 unspecified atom stereocenters. The molecule has 1 aliphatic rings. The molecule has 1 fully saturated rings. The van der Waals surface area contributed by atoms with Crippen molar-refractivity contribution in [2.24, 2.45) is 0 Å². The van der Waals surface area contributed by atoms with E-state index in [1.54, 1.807) is 13.0 Å². The Morgan fingerprint density at radius 2 is 2.05 bits per heavy atom. The average molecular weight is 285 g/mol. The van der Waals surface area contributed by atoms with Crippen molar-refractivity contribution in [3.8, 4) is 11.4 Å². The second-order valence-corrected chi connectivity index (χ2v) is 5.67. The van der Waals surface area contributed by atoms with Gasteiger partial charge in [-0.05, 0) is 49.9 Å². The molecule has 0 radical (unpaired) electrons. The summed E-state index contributed by atoms with van der Waals surface area (Å²) in [7, 11) is 0. The van der Waals surface area contributed by atoms with Gasteiger partial charge in [0, 0.05) is 29.8 Å². The third-order valence-electron chi connectivity index (χ3n) is 3.71. The summed E-state index contributed by atoms with van der Waals surface area (Å²) >= 11 is 0. The molecule has 0 aliphatic heterocycles. The molecule has 0 atom stereocenters. The first kappa shape index (κ1) is 14.0. The van der Waals surface area contributed by atoms with Crippen LogP contribution in [0.25, 0.3) is 11.4 Å². The Labute approximate surface area is 124 Å². The fourth-order valence-electron chi connectivity index (χ4n) is 2.31. The van der Waals surface area contributed by atoms with Gasteiger partial charge in [0.15, 0.2) is 5.82 Å². The van der Waals surface area contributed by atoms with E-state index in [0.29, 0.717) is 17.3 Å². The fraction of sp³-hybridized carbons (Fsp3) is 0.412. The maximum absolute atomic E-state index is 13.4. The van der Waals surface area contributed by atoms with Gasteiger partial charge in [0.25, 0.3) is 0 Å². The van der Waals surface area contributed by atoms with Crippen molar-refractivity contribution in [1.29, 1.82) is 0 Å². The number of rotatable bonds is 5. The van der Waals surface area contributed by atoms with E-state index in [1.807, 2.05) is 12.1 Å². The SMILES string of the molecule is CCCNc1cc(C2CC2)nc(-c2ccc(F)c(C)c2)n1. The van der Waals surface area contributed by atoms with Crippen LogP contribution in [-0.2, 0) is 0 Å². The molecule has 3 rings (SSSR count). The lowest BCUT2D eigenvalue weighted by atomic mass is 10.1. The zero-order chi connectivity index (χ0) is 14.8. The fourth-order valence-corrected chi connectivity index (χ4v) is 2.31. The molecule has 4 heteroatoms. The van der Waals surface area contributed by atoms with E-state index in [1.165, 1.54) is 18.9 Å². The van der Waals surface area contributed by atoms with Gasteiger partial charge in [0.05, 0.1) is 0 Å². The monoisotopic (exact) mass is 285 g/mol. The van der Waals surface area contributed by atoms with Crippen LogP contribution < -0.4 is 5.32 Å². The Balaban J connectivity index is 1.99. The number of aryl methyl sites for hydroxylation is 1. The molecule has 1 aromatic heterocycles. The molecule has 21 heavy (non-hydrogen) atoms. The van der Waals surface area contributed by atoms with E-state index >= 15 is 0 Å². The minimum atomic E-state index is -0.193. The Hall–Kier alpha value is -1.97. The molecule has 1 saturated carbocycles. The van der Waals surface area contributed by atoms with Gasteiger partial charge >= 0.3 is 0 Å². The van der Waals surface area contributed by atoms with Crippen LogP contribution in [0.1, 0.15) is 43.4 Å². The molecule has 1 aliphatic carbocycles. The van der Waals surface area contributed by atoms with E-state index in [2.05, 4.69) is 22.2 Å². The standard InChI is InChI=1S/C17H20FN3/c1-3-8-19-16-10-15(12-4-5-12)20-17(21-16)13-6-7-14(18)11(2)9-13/h6-7,9-10,12H,3-5,8H2,1-2H3,(H,19,20,21). The second kappa shape index (κ2) is 5.80. The third kappa shape index (κ3) is 3.20. The zero-order valence-corrected chi connectivity index (χ0v) is 12.5. The Morgan fingerprint density at radius 3 is 2.71 bits per heavy atom. The summed E-state index contributed by atoms with van der Waals surface area (Å²) in [5, 5.41) is 3.33. The van der Waals surface area contributed by atoms with Crippen molar-refractivity contribution >= 4 is 5.82 Å². The minimum Gasteiger partial charge on any atom is -0.370 e. The summed E-state index contributed by atoms with van der Waals surface area (Å²) in [6.07, 6.45) is 3.45. The normalized spacial score (nSPS) is 14.2. The number of benzene rings is 1. The van der Waals surface area contributed by atoms with Crippen LogP contribution in [0.3, 0.4) is 0 Å². The summed E-state index contributed by atoms with van der Waals surface area (Å²) in [6.45, 7) is 4.78. The summed E-state index contributed by atoms with van der Waals surface area (Å²) in [4.78, 5) is 9.25. The van der Waals surface area contributed by atoms with Crippen LogP contribution in [0.15, 0.2) is 24.3 Å². The lowest BCUT2D eigenvalue weighted by molar-refractivity contribution is 0.618. The molecule has 0 saturated heterocycles. The van der Waals surface area contributed by atoms with Crippen molar-refractivity contribution in [2.75, 3.05) is 11.9 Å². The third-order valence-corrected chi connectivity index (χ3v) is 3.71. The van der Waals surface area contributed by atoms with Gasteiger partial charge in [-0.15, -0.1) is 0 Å². The molecule has 0 amide bonds. The van der Waals surface area contributed by atoms with Gasteiger partial charge < -0.3 is 5.32 Å². The number of hydrogen-bond acceptors (Lipinski definition) is 3. The van der Waals surface area contributed by atoms with Gasteiger partial charge in [-0.3, -0.25) is 0 Å². The van der Waals surface area contributed by atoms with Crippen LogP contribution in [0.2, 0.25) is 0 Å². The molecular formula is C17H20FN3. The predicted octanol–water partition coefficient (Wildman–Crippen LogP) is 4.29. The average Bonchev–Trinajstić information content (AvgIpc) is 3.32. The summed E-state index contributed by atoms with van der Waals surface area (Å²) in [6, 6.07) is 7.09. The topological polar surface area (TPSA) is 37.8 Å². The largest absolute Gasteiger partial charge is 0.370 e. The van der Waals surface area contributed by atoms with E-state index in [-0.39, 0.29) is 5.82 Å². The van der Waals surface area contributed by atoms with Gasteiger partial charge in [0.2, 0.25) is 0 Å². The number of hydrogen-bond donors (Lipinski definition) is 1. The van der Waals surface area contributed by atoms with E-state index in [0.717, 1.165) is 30.0 Å². The minimum absolute atomic E-state index is 0.193. The highest BCUT2D eigenvalue weighted by molar-refractivity contribution is 5.59. The highest BCUT2D eigenvalue weighted by Crippen LogP contribution is 2.40. The molecular weight excluding hydrogens is 265 g/mol. The summed E-state index contributed by atoms with van der Waals surface area (Å²) < 4.78 is 13.4.